The number of carbonyl (C=O) groups excluding carboxylic acids is 2. The van der Waals surface area contributed by atoms with Gasteiger partial charge >= 0.3 is 6.03 Å². The molecule has 1 aromatic heterocycles. The summed E-state index contributed by atoms with van der Waals surface area (Å²) >= 11 is 3.29. The van der Waals surface area contributed by atoms with E-state index in [0.717, 1.165) is 30.5 Å². The monoisotopic (exact) mass is 521 g/mol. The number of H-pyrrole nitrogens is 1. The third kappa shape index (κ3) is 3.47. The van der Waals surface area contributed by atoms with Crippen molar-refractivity contribution in [2.24, 2.45) is 0 Å². The van der Waals surface area contributed by atoms with Crippen molar-refractivity contribution in [1.82, 2.24) is 15.1 Å². The summed E-state index contributed by atoms with van der Waals surface area (Å²) in [7, 11) is -1.72. The largest absolute Gasteiger partial charge is 0.323 e. The molecule has 32 heavy (non-hydrogen) atoms. The molecule has 3 N–H and O–H groups in total. The van der Waals surface area contributed by atoms with Gasteiger partial charge in [0, 0.05) is 15.1 Å². The first kappa shape index (κ1) is 23.0. The van der Waals surface area contributed by atoms with Crippen molar-refractivity contribution in [3.05, 3.63) is 39.7 Å². The van der Waals surface area contributed by atoms with E-state index in [2.05, 4.69) is 56.4 Å². The zero-order chi connectivity index (χ0) is 23.5. The highest BCUT2D eigenvalue weighted by Crippen LogP contribution is 2.56. The van der Waals surface area contributed by atoms with Crippen LogP contribution < -0.4 is 10.6 Å². The number of nitrogens with zero attached hydrogens (tertiary/aromatic N) is 2. The first-order chi connectivity index (χ1) is 14.9. The predicted molar refractivity (Wildman–Crippen MR) is 129 cm³/mol. The van der Waals surface area contributed by atoms with Crippen molar-refractivity contribution in [2.45, 2.75) is 69.9 Å². The van der Waals surface area contributed by atoms with Gasteiger partial charge < -0.3 is 15.5 Å². The molecule has 1 aliphatic carbocycles. The maximum absolute atomic E-state index is 14.2. The van der Waals surface area contributed by atoms with Gasteiger partial charge in [-0.05, 0) is 54.8 Å². The first-order valence-electron chi connectivity index (χ1n) is 10.8. The molecule has 172 valence electrons. The maximum Gasteiger partial charge on any atom is 0.323 e. The zero-order valence-electron chi connectivity index (χ0n) is 19.0. The summed E-state index contributed by atoms with van der Waals surface area (Å²) < 4.78 is 14.7. The van der Waals surface area contributed by atoms with Gasteiger partial charge in [0.25, 0.3) is 0 Å². The zero-order valence-corrected chi connectivity index (χ0v) is 21.6. The highest BCUT2D eigenvalue weighted by atomic mass is 79.9. The lowest BCUT2D eigenvalue weighted by molar-refractivity contribution is -0.121. The molecular weight excluding hydrogens is 493 g/mol. The lowest BCUT2D eigenvalue weighted by atomic mass is 9.83. The minimum atomic E-state index is -1.72. The predicted octanol–water partition coefficient (Wildman–Crippen LogP) is 5.80. The fourth-order valence-electron chi connectivity index (χ4n) is 4.81. The molecule has 0 saturated heterocycles. The molecule has 2 aliphatic rings. The second-order valence-electron chi connectivity index (χ2n) is 10.2. The van der Waals surface area contributed by atoms with Crippen LogP contribution in [0.2, 0.25) is 24.7 Å². The molecule has 1 saturated carbocycles. The smallest absolute Gasteiger partial charge is 0.309 e. The number of urea groups is 1. The van der Waals surface area contributed by atoms with Gasteiger partial charge in [-0.2, -0.15) is 5.10 Å². The molecule has 4 rings (SSSR count). The molecule has 0 bridgehead atoms. The Labute approximate surface area is 196 Å². The molecule has 1 fully saturated rings. The van der Waals surface area contributed by atoms with E-state index < -0.39 is 25.5 Å². The van der Waals surface area contributed by atoms with Crippen LogP contribution in [-0.4, -0.2) is 35.1 Å². The van der Waals surface area contributed by atoms with E-state index in [1.165, 1.54) is 6.07 Å². The number of rotatable bonds is 4. The van der Waals surface area contributed by atoms with Gasteiger partial charge in [-0.25, -0.2) is 9.18 Å². The Morgan fingerprint density at radius 3 is 2.47 bits per heavy atom. The number of hydrogen-bond donors (Lipinski definition) is 3. The SMILES string of the molecule is CC1(C)c2[nH]nc(NC(=O)C3([Si](C)(C)C)CCC3)c2CN1C(=O)Nc1c(F)cccc1Br. The second-order valence-corrected chi connectivity index (χ2v) is 16.5. The van der Waals surface area contributed by atoms with E-state index in [4.69, 9.17) is 0 Å². The molecule has 2 aromatic rings. The van der Waals surface area contributed by atoms with E-state index in [1.54, 1.807) is 17.0 Å². The average molecular weight is 522 g/mol. The van der Waals surface area contributed by atoms with E-state index in [-0.39, 0.29) is 23.2 Å². The number of fused-ring (bicyclic) bond motifs is 1. The van der Waals surface area contributed by atoms with Crippen molar-refractivity contribution in [1.29, 1.82) is 0 Å². The van der Waals surface area contributed by atoms with Crippen LogP contribution in [0.5, 0.6) is 0 Å². The van der Waals surface area contributed by atoms with E-state index >= 15 is 0 Å². The van der Waals surface area contributed by atoms with Crippen molar-refractivity contribution in [3.63, 3.8) is 0 Å². The molecule has 7 nitrogen and oxygen atoms in total. The highest BCUT2D eigenvalue weighted by molar-refractivity contribution is 9.10. The maximum atomic E-state index is 14.2. The topological polar surface area (TPSA) is 90.1 Å². The van der Waals surface area contributed by atoms with Crippen LogP contribution in [0.25, 0.3) is 0 Å². The Hall–Kier alpha value is -2.20. The molecule has 0 radical (unpaired) electrons. The van der Waals surface area contributed by atoms with E-state index in [1.807, 2.05) is 13.8 Å². The first-order valence-corrected chi connectivity index (χ1v) is 15.1. The minimum absolute atomic E-state index is 0.0354. The Bertz CT molecular complexity index is 1070. The number of anilines is 2. The van der Waals surface area contributed by atoms with E-state index in [0.29, 0.717) is 10.3 Å². The van der Waals surface area contributed by atoms with E-state index in [9.17, 15) is 14.0 Å². The molecule has 2 heterocycles. The van der Waals surface area contributed by atoms with Gasteiger partial charge in [0.2, 0.25) is 5.91 Å². The third-order valence-corrected chi connectivity index (χ3v) is 11.5. The van der Waals surface area contributed by atoms with Gasteiger partial charge in [0.1, 0.15) is 5.82 Å². The highest BCUT2D eigenvalue weighted by Gasteiger charge is 2.54. The number of carbonyl (C=O) groups is 2. The van der Waals surface area contributed by atoms with Crippen LogP contribution in [0, 0.1) is 5.82 Å². The summed E-state index contributed by atoms with van der Waals surface area (Å²) in [5, 5.41) is 12.8. The van der Waals surface area contributed by atoms with Crippen LogP contribution in [0.4, 0.5) is 20.7 Å². The quantitative estimate of drug-likeness (QED) is 0.444. The summed E-state index contributed by atoms with van der Waals surface area (Å²) in [6.45, 7) is 10.7. The Kier molecular flexibility index (Phi) is 5.52. The lowest BCUT2D eigenvalue weighted by Crippen LogP contribution is -2.52. The van der Waals surface area contributed by atoms with Crippen LogP contribution in [-0.2, 0) is 16.9 Å². The number of para-hydroxylation sites is 1. The molecule has 1 aromatic carbocycles. The van der Waals surface area contributed by atoms with Gasteiger partial charge in [-0.15, -0.1) is 0 Å². The summed E-state index contributed by atoms with van der Waals surface area (Å²) in [4.78, 5) is 28.0. The summed E-state index contributed by atoms with van der Waals surface area (Å²) in [5.74, 6) is -0.00630. The number of amides is 3. The van der Waals surface area contributed by atoms with Crippen molar-refractivity contribution in [2.75, 3.05) is 10.6 Å². The van der Waals surface area contributed by atoms with Gasteiger partial charge in [0.05, 0.1) is 31.5 Å². The number of benzene rings is 1. The van der Waals surface area contributed by atoms with Crippen LogP contribution in [0.15, 0.2) is 22.7 Å². The van der Waals surface area contributed by atoms with Gasteiger partial charge in [-0.1, -0.05) is 32.1 Å². The Morgan fingerprint density at radius 2 is 1.91 bits per heavy atom. The molecular formula is C22H29BrFN5O2Si. The Morgan fingerprint density at radius 1 is 1.22 bits per heavy atom. The number of halogens is 2. The van der Waals surface area contributed by atoms with Crippen LogP contribution in [0.3, 0.4) is 0 Å². The number of aromatic amines is 1. The van der Waals surface area contributed by atoms with Crippen molar-refractivity contribution >= 4 is 47.4 Å². The fraction of sp³-hybridized carbons (Fsp3) is 0.500. The summed E-state index contributed by atoms with van der Waals surface area (Å²) in [5.41, 5.74) is 0.944. The molecule has 0 spiro atoms. The molecule has 0 atom stereocenters. The summed E-state index contributed by atoms with van der Waals surface area (Å²) in [6.07, 6.45) is 2.90. The Balaban J connectivity index is 1.56. The number of hydrogen-bond acceptors (Lipinski definition) is 3. The molecule has 10 heteroatoms. The molecule has 3 amide bonds. The standard InChI is InChI=1S/C22H29BrFN5O2Si/c1-21(2)17-13(12-29(21)20(31)25-16-14(23)8-6-9-15(16)24)18(28-27-17)26-19(30)22(10-7-11-22)32(3,4)5/h6,8-9H,7,10-12H2,1-5H3,(H,25,31)(H2,26,27,28,30). The lowest BCUT2D eigenvalue weighted by Gasteiger charge is -2.48. The molecule has 0 unspecified atom stereocenters. The number of aromatic nitrogens is 2. The van der Waals surface area contributed by atoms with Crippen molar-refractivity contribution < 1.29 is 14.0 Å². The van der Waals surface area contributed by atoms with Gasteiger partial charge in [-0.3, -0.25) is 9.89 Å². The minimum Gasteiger partial charge on any atom is -0.309 e. The molecule has 1 aliphatic heterocycles. The average Bonchev–Trinajstić information content (AvgIpc) is 3.14. The van der Waals surface area contributed by atoms with Gasteiger partial charge in [0.15, 0.2) is 5.82 Å². The summed E-state index contributed by atoms with van der Waals surface area (Å²) in [6, 6.07) is 4.10. The van der Waals surface area contributed by atoms with Crippen LogP contribution in [0.1, 0.15) is 44.4 Å². The third-order valence-electron chi connectivity index (χ3n) is 7.22. The normalized spacial score (nSPS) is 18.7. The number of nitrogens with one attached hydrogen (secondary N) is 3. The second kappa shape index (κ2) is 7.69. The van der Waals surface area contributed by atoms with Crippen molar-refractivity contribution in [3.8, 4) is 0 Å². The van der Waals surface area contributed by atoms with Crippen LogP contribution >= 0.6 is 15.9 Å². The fourth-order valence-corrected chi connectivity index (χ4v) is 7.85.